The Bertz CT molecular complexity index is 3500. The van der Waals surface area contributed by atoms with Gasteiger partial charge in [-0.1, -0.05) is 127 Å². The van der Waals surface area contributed by atoms with Crippen LogP contribution in [0.4, 0.5) is 17.1 Å². The predicted octanol–water partition coefficient (Wildman–Crippen LogP) is 16.3. The number of para-hydroxylation sites is 2. The highest BCUT2D eigenvalue weighted by molar-refractivity contribution is 7.26. The maximum atomic E-state index is 2.45. The fourth-order valence-corrected chi connectivity index (χ4v) is 11.2. The van der Waals surface area contributed by atoms with Crippen LogP contribution in [-0.2, 0) is 0 Å². The van der Waals surface area contributed by atoms with E-state index >= 15 is 0 Å². The summed E-state index contributed by atoms with van der Waals surface area (Å²) in [4.78, 5) is 2.45. The number of benzene rings is 9. The second-order valence-corrected chi connectivity index (χ2v) is 17.1. The fourth-order valence-electron chi connectivity index (χ4n) is 8.88. The largest absolute Gasteiger partial charge is 0.310 e. The highest BCUT2D eigenvalue weighted by Crippen LogP contribution is 2.48. The molecule has 0 saturated heterocycles. The van der Waals surface area contributed by atoms with Crippen LogP contribution in [0.1, 0.15) is 0 Å². The molecule has 0 saturated carbocycles. The van der Waals surface area contributed by atoms with Crippen LogP contribution in [0.25, 0.3) is 90.1 Å². The summed E-state index contributed by atoms with van der Waals surface area (Å²) in [5, 5.41) is 7.64. The molecule has 3 heterocycles. The number of hydrogen-bond acceptors (Lipinski definition) is 3. The van der Waals surface area contributed by atoms with Crippen LogP contribution >= 0.6 is 22.7 Å². The molecule has 0 bridgehead atoms. The van der Waals surface area contributed by atoms with E-state index in [4.69, 9.17) is 0 Å². The number of hydrogen-bond donors (Lipinski definition) is 0. The molecule has 272 valence electrons. The number of aromatic nitrogens is 1. The normalized spacial score (nSPS) is 11.8. The van der Waals surface area contributed by atoms with Crippen molar-refractivity contribution in [1.29, 1.82) is 0 Å². The van der Waals surface area contributed by atoms with Crippen LogP contribution < -0.4 is 4.90 Å². The second kappa shape index (κ2) is 13.3. The van der Waals surface area contributed by atoms with Crippen molar-refractivity contribution in [3.8, 4) is 27.9 Å². The van der Waals surface area contributed by atoms with E-state index < -0.39 is 0 Å². The number of fused-ring (bicyclic) bond motifs is 9. The molecular formula is C54H34N2S2. The molecule has 0 unspecified atom stereocenters. The summed E-state index contributed by atoms with van der Waals surface area (Å²) in [5.74, 6) is 0. The molecular weight excluding hydrogens is 741 g/mol. The van der Waals surface area contributed by atoms with Crippen LogP contribution in [0.15, 0.2) is 206 Å². The summed E-state index contributed by atoms with van der Waals surface area (Å²) in [5.41, 5.74) is 11.8. The molecule has 0 fully saturated rings. The van der Waals surface area contributed by atoms with Crippen molar-refractivity contribution in [1.82, 2.24) is 4.57 Å². The van der Waals surface area contributed by atoms with E-state index in [1.54, 1.807) is 0 Å². The van der Waals surface area contributed by atoms with Gasteiger partial charge in [0.15, 0.2) is 0 Å². The van der Waals surface area contributed by atoms with Gasteiger partial charge in [-0.2, -0.15) is 0 Å². The lowest BCUT2D eigenvalue weighted by molar-refractivity contribution is 1.18. The van der Waals surface area contributed by atoms with E-state index in [1.165, 1.54) is 84.4 Å². The summed E-state index contributed by atoms with van der Waals surface area (Å²) >= 11 is 3.75. The molecule has 0 radical (unpaired) electrons. The third-order valence-corrected chi connectivity index (χ3v) is 13.9. The summed E-state index contributed by atoms with van der Waals surface area (Å²) in [6.45, 7) is 0. The average molecular weight is 775 g/mol. The van der Waals surface area contributed by atoms with Crippen LogP contribution in [0, 0.1) is 0 Å². The van der Waals surface area contributed by atoms with Crippen molar-refractivity contribution in [2.45, 2.75) is 0 Å². The molecule has 0 N–H and O–H groups in total. The van der Waals surface area contributed by atoms with Gasteiger partial charge in [0.25, 0.3) is 0 Å². The van der Waals surface area contributed by atoms with Crippen molar-refractivity contribution in [2.75, 3.05) is 4.90 Å². The molecule has 0 atom stereocenters. The number of rotatable bonds is 6. The van der Waals surface area contributed by atoms with Crippen LogP contribution in [0.3, 0.4) is 0 Å². The Labute approximate surface area is 343 Å². The first-order valence-corrected chi connectivity index (χ1v) is 21.3. The smallest absolute Gasteiger partial charge is 0.0547 e. The Kier molecular flexibility index (Phi) is 7.62. The Morgan fingerprint density at radius 1 is 0.328 bits per heavy atom. The highest BCUT2D eigenvalue weighted by atomic mass is 32.1. The van der Waals surface area contributed by atoms with E-state index in [1.807, 2.05) is 22.7 Å². The van der Waals surface area contributed by atoms with Crippen molar-refractivity contribution in [3.63, 3.8) is 0 Å². The first kappa shape index (κ1) is 33.2. The zero-order chi connectivity index (χ0) is 38.2. The molecule has 12 rings (SSSR count). The number of anilines is 3. The summed E-state index contributed by atoms with van der Waals surface area (Å²) in [7, 11) is 0. The van der Waals surface area contributed by atoms with Crippen LogP contribution in [-0.4, -0.2) is 4.57 Å². The Morgan fingerprint density at radius 3 is 1.69 bits per heavy atom. The first-order chi connectivity index (χ1) is 28.7. The molecule has 12 aromatic rings. The molecule has 0 spiro atoms. The molecule has 2 nitrogen and oxygen atoms in total. The molecule has 0 aliphatic heterocycles. The van der Waals surface area contributed by atoms with E-state index in [9.17, 15) is 0 Å². The van der Waals surface area contributed by atoms with Crippen molar-refractivity contribution < 1.29 is 0 Å². The van der Waals surface area contributed by atoms with Gasteiger partial charge in [-0.15, -0.1) is 22.7 Å². The molecule has 0 aliphatic rings. The second-order valence-electron chi connectivity index (χ2n) is 14.9. The molecule has 58 heavy (non-hydrogen) atoms. The monoisotopic (exact) mass is 774 g/mol. The highest BCUT2D eigenvalue weighted by Gasteiger charge is 2.21. The van der Waals surface area contributed by atoms with Gasteiger partial charge in [-0.3, -0.25) is 0 Å². The van der Waals surface area contributed by atoms with Crippen molar-refractivity contribution in [2.24, 2.45) is 0 Å². The SMILES string of the molecule is c1ccc(-c2ccc(N(c3ccc4sc5ccccc5c4c3)c3cc(-c4ccc5c6ccccc6n(-c6ccccc6)c5c4)c4sc5ccccc5c4c3)cc2)cc1. The zero-order valence-electron chi connectivity index (χ0n) is 31.3. The van der Waals surface area contributed by atoms with Gasteiger partial charge in [0.2, 0.25) is 0 Å². The third kappa shape index (κ3) is 5.30. The summed E-state index contributed by atoms with van der Waals surface area (Å²) in [6.07, 6.45) is 0. The first-order valence-electron chi connectivity index (χ1n) is 19.7. The third-order valence-electron chi connectivity index (χ3n) is 11.6. The zero-order valence-corrected chi connectivity index (χ0v) is 33.0. The molecule has 0 amide bonds. The van der Waals surface area contributed by atoms with Crippen LogP contribution in [0.2, 0.25) is 0 Å². The molecule has 0 aliphatic carbocycles. The predicted molar refractivity (Wildman–Crippen MR) is 252 cm³/mol. The van der Waals surface area contributed by atoms with Crippen LogP contribution in [0.5, 0.6) is 0 Å². The lowest BCUT2D eigenvalue weighted by Gasteiger charge is -2.27. The van der Waals surface area contributed by atoms with Gasteiger partial charge < -0.3 is 9.47 Å². The van der Waals surface area contributed by atoms with E-state index in [2.05, 4.69) is 216 Å². The summed E-state index contributed by atoms with van der Waals surface area (Å²) in [6, 6.07) is 75.8. The number of nitrogens with zero attached hydrogens (tertiary/aromatic N) is 2. The molecule has 4 heteroatoms. The minimum atomic E-state index is 1.11. The minimum absolute atomic E-state index is 1.11. The van der Waals surface area contributed by atoms with Gasteiger partial charge in [0.1, 0.15) is 0 Å². The maximum Gasteiger partial charge on any atom is 0.0547 e. The van der Waals surface area contributed by atoms with Crippen molar-refractivity contribution >= 4 is 102 Å². The lowest BCUT2D eigenvalue weighted by atomic mass is 9.99. The standard InChI is InChI=1S/C54H34N2S2/c1-3-13-35(14-4-1)36-23-26-39(27-24-36)55(40-28-30-53-47(32-40)44-18-8-11-21-51(44)57-53)41-33-46(54-48(34-41)45-19-9-12-22-52(45)58-54)37-25-29-43-42-17-7-10-20-49(42)56(50(43)31-37)38-15-5-2-6-16-38/h1-34H. The van der Waals surface area contributed by atoms with E-state index in [0.29, 0.717) is 0 Å². The van der Waals surface area contributed by atoms with Gasteiger partial charge in [0, 0.05) is 79.4 Å². The van der Waals surface area contributed by atoms with Gasteiger partial charge in [-0.05, 0) is 95.6 Å². The Hall–Kier alpha value is -6.98. The van der Waals surface area contributed by atoms with Gasteiger partial charge in [0.05, 0.1) is 11.0 Å². The van der Waals surface area contributed by atoms with E-state index in [-0.39, 0.29) is 0 Å². The van der Waals surface area contributed by atoms with Gasteiger partial charge >= 0.3 is 0 Å². The minimum Gasteiger partial charge on any atom is -0.310 e. The van der Waals surface area contributed by atoms with Gasteiger partial charge in [-0.25, -0.2) is 0 Å². The Morgan fingerprint density at radius 2 is 0.897 bits per heavy atom. The summed E-state index contributed by atoms with van der Waals surface area (Å²) < 4.78 is 7.61. The van der Waals surface area contributed by atoms with Crippen molar-refractivity contribution in [3.05, 3.63) is 206 Å². The van der Waals surface area contributed by atoms with E-state index in [0.717, 1.165) is 22.7 Å². The average Bonchev–Trinajstić information content (AvgIpc) is 3.96. The quantitative estimate of drug-likeness (QED) is 0.163. The lowest BCUT2D eigenvalue weighted by Crippen LogP contribution is -2.10. The maximum absolute atomic E-state index is 2.45. The number of thiophene rings is 2. The Balaban J connectivity index is 1.12. The topological polar surface area (TPSA) is 8.17 Å². The molecule has 3 aromatic heterocycles. The molecule has 9 aromatic carbocycles. The fraction of sp³-hybridized carbons (Fsp3) is 0.